The minimum Gasteiger partial charge on any atom is -0.395 e. The van der Waals surface area contributed by atoms with Crippen molar-refractivity contribution < 1.29 is 10.2 Å². The first-order chi connectivity index (χ1) is 5.74. The summed E-state index contributed by atoms with van der Waals surface area (Å²) >= 11 is 0. The Hall–Kier alpha value is -0.520. The van der Waals surface area contributed by atoms with E-state index in [0.29, 0.717) is 19.6 Å². The highest BCUT2D eigenvalue weighted by molar-refractivity contribution is 4.66. The van der Waals surface area contributed by atoms with Crippen molar-refractivity contribution in [3.8, 4) is 0 Å². The van der Waals surface area contributed by atoms with Gasteiger partial charge in [-0.25, -0.2) is 0 Å². The zero-order valence-corrected chi connectivity index (χ0v) is 7.31. The van der Waals surface area contributed by atoms with Gasteiger partial charge in [0.1, 0.15) is 6.04 Å². The Morgan fingerprint density at radius 2 is 1.83 bits per heavy atom. The quantitative estimate of drug-likeness (QED) is 0.509. The third kappa shape index (κ3) is 5.17. The zero-order chi connectivity index (χ0) is 9.40. The van der Waals surface area contributed by atoms with Gasteiger partial charge in [-0.3, -0.25) is 4.90 Å². The summed E-state index contributed by atoms with van der Waals surface area (Å²) in [4.78, 5) is 11.8. The van der Waals surface area contributed by atoms with Crippen molar-refractivity contribution in [3.63, 3.8) is 0 Å². The average molecular weight is 176 g/mol. The smallest absolute Gasteiger partial charge is 0.102 e. The molecule has 2 N–H and O–H groups in total. The molecule has 0 aromatic heterocycles. The van der Waals surface area contributed by atoms with Crippen LogP contribution in [-0.2, 0) is 0 Å². The molecule has 0 spiro atoms. The molecule has 0 aromatic carbocycles. The van der Waals surface area contributed by atoms with Gasteiger partial charge in [-0.05, 0) is 6.92 Å². The number of hydrogen-bond donors (Lipinski definition) is 2. The van der Waals surface area contributed by atoms with Crippen LogP contribution in [0.25, 0.3) is 0 Å². The van der Waals surface area contributed by atoms with Gasteiger partial charge < -0.3 is 10.2 Å². The molecule has 0 aliphatic carbocycles. The molecule has 5 nitrogen and oxygen atoms in total. The van der Waals surface area contributed by atoms with Crippen molar-refractivity contribution >= 4 is 0 Å². The summed E-state index contributed by atoms with van der Waals surface area (Å²) in [5, 5.41) is 20.1. The van der Waals surface area contributed by atoms with E-state index >= 15 is 0 Å². The van der Waals surface area contributed by atoms with Gasteiger partial charge in [0.15, 0.2) is 0 Å². The molecule has 0 aliphatic heterocycles. The number of nitroso groups, excluding NO2 is 1. The highest BCUT2D eigenvalue weighted by Gasteiger charge is 2.08. The van der Waals surface area contributed by atoms with E-state index in [1.807, 2.05) is 0 Å². The van der Waals surface area contributed by atoms with Crippen molar-refractivity contribution in [2.75, 3.05) is 32.8 Å². The Labute approximate surface area is 72.0 Å². The highest BCUT2D eigenvalue weighted by Crippen LogP contribution is 1.94. The third-order valence-corrected chi connectivity index (χ3v) is 1.53. The zero-order valence-electron chi connectivity index (χ0n) is 7.31. The molecular weight excluding hydrogens is 160 g/mol. The van der Waals surface area contributed by atoms with Crippen LogP contribution in [0.3, 0.4) is 0 Å². The van der Waals surface area contributed by atoms with Crippen LogP contribution in [0.15, 0.2) is 5.18 Å². The lowest BCUT2D eigenvalue weighted by Crippen LogP contribution is -2.34. The molecule has 0 heterocycles. The van der Waals surface area contributed by atoms with E-state index in [4.69, 9.17) is 10.2 Å². The normalized spacial score (nSPS) is 13.3. The first kappa shape index (κ1) is 11.5. The second kappa shape index (κ2) is 7.15. The molecule has 12 heavy (non-hydrogen) atoms. The second-order valence-corrected chi connectivity index (χ2v) is 2.70. The molecule has 1 atom stereocenters. The average Bonchev–Trinajstić information content (AvgIpc) is 2.05. The number of hydrogen-bond acceptors (Lipinski definition) is 5. The molecule has 0 amide bonds. The SMILES string of the molecule is CC(CN(CCO)CCO)N=O. The van der Waals surface area contributed by atoms with Gasteiger partial charge in [-0.15, -0.1) is 0 Å². The topological polar surface area (TPSA) is 73.1 Å². The molecule has 72 valence electrons. The number of aliphatic hydroxyl groups is 2. The Morgan fingerprint density at radius 3 is 2.17 bits per heavy atom. The molecule has 0 fully saturated rings. The van der Waals surface area contributed by atoms with E-state index in [1.54, 1.807) is 11.8 Å². The van der Waals surface area contributed by atoms with Crippen molar-refractivity contribution in [2.45, 2.75) is 13.0 Å². The Balaban J connectivity index is 3.68. The highest BCUT2D eigenvalue weighted by atomic mass is 16.3. The van der Waals surface area contributed by atoms with Crippen LogP contribution in [0, 0.1) is 4.91 Å². The van der Waals surface area contributed by atoms with E-state index < -0.39 is 0 Å². The van der Waals surface area contributed by atoms with Crippen LogP contribution in [0.4, 0.5) is 0 Å². The van der Waals surface area contributed by atoms with E-state index in [2.05, 4.69) is 5.18 Å². The molecule has 1 unspecified atom stereocenters. The first-order valence-electron chi connectivity index (χ1n) is 4.01. The fraction of sp³-hybridized carbons (Fsp3) is 1.00. The lowest BCUT2D eigenvalue weighted by Gasteiger charge is -2.20. The van der Waals surface area contributed by atoms with Crippen molar-refractivity contribution in [2.24, 2.45) is 5.18 Å². The predicted octanol–water partition coefficient (Wildman–Crippen LogP) is -0.572. The first-order valence-corrected chi connectivity index (χ1v) is 4.01. The predicted molar refractivity (Wildman–Crippen MR) is 45.9 cm³/mol. The summed E-state index contributed by atoms with van der Waals surface area (Å²) in [5.41, 5.74) is 0. The maximum atomic E-state index is 10.0. The summed E-state index contributed by atoms with van der Waals surface area (Å²) in [6.07, 6.45) is 0. The van der Waals surface area contributed by atoms with Gasteiger partial charge in [0, 0.05) is 19.6 Å². The molecule has 0 aromatic rings. The summed E-state index contributed by atoms with van der Waals surface area (Å²) in [5.74, 6) is 0. The Bertz CT molecular complexity index is 115. The standard InChI is InChI=1S/C7H16N2O3/c1-7(8-12)6-9(2-4-10)3-5-11/h7,10-11H,2-6H2,1H3. The van der Waals surface area contributed by atoms with Crippen LogP contribution in [0.1, 0.15) is 6.92 Å². The minimum absolute atomic E-state index is 0.0333. The van der Waals surface area contributed by atoms with Crippen LogP contribution >= 0.6 is 0 Å². The van der Waals surface area contributed by atoms with Crippen LogP contribution in [0.5, 0.6) is 0 Å². The van der Waals surface area contributed by atoms with Gasteiger partial charge in [0.25, 0.3) is 0 Å². The van der Waals surface area contributed by atoms with Crippen molar-refractivity contribution in [1.82, 2.24) is 4.90 Å². The lowest BCUT2D eigenvalue weighted by molar-refractivity contribution is 0.157. The molecule has 0 radical (unpaired) electrons. The maximum Gasteiger partial charge on any atom is 0.102 e. The van der Waals surface area contributed by atoms with Gasteiger partial charge in [-0.1, -0.05) is 5.18 Å². The Morgan fingerprint density at radius 1 is 1.33 bits per heavy atom. The molecule has 0 rings (SSSR count). The fourth-order valence-electron chi connectivity index (χ4n) is 0.984. The van der Waals surface area contributed by atoms with Gasteiger partial charge in [0.05, 0.1) is 13.2 Å². The molecule has 0 saturated heterocycles. The van der Waals surface area contributed by atoms with E-state index in [9.17, 15) is 4.91 Å². The third-order valence-electron chi connectivity index (χ3n) is 1.53. The van der Waals surface area contributed by atoms with E-state index in [1.165, 1.54) is 0 Å². The molecular formula is C7H16N2O3. The van der Waals surface area contributed by atoms with Gasteiger partial charge in [0.2, 0.25) is 0 Å². The molecule has 5 heteroatoms. The summed E-state index contributed by atoms with van der Waals surface area (Å²) in [6.45, 7) is 3.21. The number of nitrogens with zero attached hydrogens (tertiary/aromatic N) is 2. The molecule has 0 bridgehead atoms. The Kier molecular flexibility index (Phi) is 6.84. The number of rotatable bonds is 7. The monoisotopic (exact) mass is 176 g/mol. The summed E-state index contributed by atoms with van der Waals surface area (Å²) < 4.78 is 0. The largest absolute Gasteiger partial charge is 0.395 e. The van der Waals surface area contributed by atoms with E-state index in [0.717, 1.165) is 0 Å². The van der Waals surface area contributed by atoms with Gasteiger partial charge in [-0.2, -0.15) is 4.91 Å². The maximum absolute atomic E-state index is 10.0. The lowest BCUT2D eigenvalue weighted by atomic mass is 10.3. The van der Waals surface area contributed by atoms with Crippen LogP contribution in [-0.4, -0.2) is 54.0 Å². The van der Waals surface area contributed by atoms with Crippen molar-refractivity contribution in [3.05, 3.63) is 4.91 Å². The van der Waals surface area contributed by atoms with Crippen LogP contribution < -0.4 is 0 Å². The van der Waals surface area contributed by atoms with Gasteiger partial charge >= 0.3 is 0 Å². The summed E-state index contributed by atoms with van der Waals surface area (Å²) in [6, 6.07) is -0.289. The van der Waals surface area contributed by atoms with E-state index in [-0.39, 0.29) is 19.3 Å². The second-order valence-electron chi connectivity index (χ2n) is 2.70. The molecule has 0 saturated carbocycles. The fourth-order valence-corrected chi connectivity index (χ4v) is 0.984. The van der Waals surface area contributed by atoms with Crippen molar-refractivity contribution in [1.29, 1.82) is 0 Å². The van der Waals surface area contributed by atoms with Crippen LogP contribution in [0.2, 0.25) is 0 Å². The minimum atomic E-state index is -0.289. The number of aliphatic hydroxyl groups excluding tert-OH is 2. The molecule has 0 aliphatic rings. The summed E-state index contributed by atoms with van der Waals surface area (Å²) in [7, 11) is 0.